The number of rotatable bonds is 0. The summed E-state index contributed by atoms with van der Waals surface area (Å²) >= 11 is 11.6. The van der Waals surface area contributed by atoms with Crippen molar-refractivity contribution in [3.05, 3.63) is 28.3 Å². The van der Waals surface area contributed by atoms with Crippen LogP contribution in [-0.2, 0) is 6.42 Å². The van der Waals surface area contributed by atoms with Crippen LogP contribution in [0.4, 0.5) is 5.69 Å². The predicted molar refractivity (Wildman–Crippen MR) is 70.2 cm³/mol. The lowest BCUT2D eigenvalue weighted by molar-refractivity contribution is 0.743. The van der Waals surface area contributed by atoms with Crippen molar-refractivity contribution in [3.63, 3.8) is 0 Å². The number of fused-ring (bicyclic) bond motifs is 1. The summed E-state index contributed by atoms with van der Waals surface area (Å²) in [6.45, 7) is 6.28. The molecule has 0 fully saturated rings. The number of aryl methyl sites for hydroxylation is 1. The van der Waals surface area contributed by atoms with E-state index < -0.39 is 0 Å². The van der Waals surface area contributed by atoms with Crippen LogP contribution in [0.1, 0.15) is 25.0 Å². The van der Waals surface area contributed by atoms with Gasteiger partial charge in [-0.3, -0.25) is 0 Å². The molecule has 1 aromatic rings. The van der Waals surface area contributed by atoms with Crippen LogP contribution < -0.4 is 5.32 Å². The van der Waals surface area contributed by atoms with Crippen molar-refractivity contribution >= 4 is 34.4 Å². The molecule has 1 aliphatic rings. The largest absolute Gasteiger partial charge is 0.374 e. The molecule has 0 unspecified atom stereocenters. The topological polar surface area (TPSA) is 12.0 Å². The summed E-state index contributed by atoms with van der Waals surface area (Å²) < 4.78 is 0. The summed E-state index contributed by atoms with van der Waals surface area (Å²) in [7, 11) is 0. The first kappa shape index (κ1) is 10.9. The zero-order valence-electron chi connectivity index (χ0n) is 9.15. The fourth-order valence-corrected chi connectivity index (χ4v) is 2.27. The van der Waals surface area contributed by atoms with Crippen LogP contribution in [0, 0.1) is 6.92 Å². The van der Waals surface area contributed by atoms with Gasteiger partial charge in [0.15, 0.2) is 0 Å². The second-order valence-electron chi connectivity index (χ2n) is 4.57. The maximum atomic E-state index is 6.18. The number of hydrogen-bond donors (Lipinski definition) is 1. The number of halogens is 1. The average Bonchev–Trinajstić information content (AvgIpc) is 2.15. The Labute approximate surface area is 101 Å². The van der Waals surface area contributed by atoms with Gasteiger partial charge in [0.25, 0.3) is 0 Å². The minimum absolute atomic E-state index is 0.139. The van der Waals surface area contributed by atoms with E-state index in [1.165, 1.54) is 11.1 Å². The molecule has 3 heteroatoms. The quantitative estimate of drug-likeness (QED) is 0.692. The maximum absolute atomic E-state index is 6.18. The highest BCUT2D eigenvalue weighted by molar-refractivity contribution is 7.80. The average molecular weight is 240 g/mol. The van der Waals surface area contributed by atoms with Crippen molar-refractivity contribution in [3.8, 4) is 0 Å². The molecule has 2 rings (SSSR count). The van der Waals surface area contributed by atoms with Gasteiger partial charge < -0.3 is 5.32 Å². The van der Waals surface area contributed by atoms with Gasteiger partial charge in [0.1, 0.15) is 0 Å². The normalized spacial score (nSPS) is 18.3. The molecule has 0 bridgehead atoms. The lowest BCUT2D eigenvalue weighted by atomic mass is 9.87. The van der Waals surface area contributed by atoms with Gasteiger partial charge in [-0.25, -0.2) is 0 Å². The molecule has 0 saturated carbocycles. The van der Waals surface area contributed by atoms with E-state index in [1.54, 1.807) is 0 Å². The Balaban J connectivity index is 2.59. The Hall–Kier alpha value is -0.600. The molecule has 0 radical (unpaired) electrons. The molecule has 1 N–H and O–H groups in total. The molecule has 0 saturated heterocycles. The molecular formula is C12H14ClNS. The van der Waals surface area contributed by atoms with Crippen LogP contribution >= 0.6 is 23.8 Å². The first-order valence-corrected chi connectivity index (χ1v) is 5.80. The van der Waals surface area contributed by atoms with Crippen LogP contribution in [0.2, 0.25) is 5.02 Å². The summed E-state index contributed by atoms with van der Waals surface area (Å²) in [6, 6.07) is 3.98. The van der Waals surface area contributed by atoms with Gasteiger partial charge in [-0.15, -0.1) is 0 Å². The standard InChI is InChI=1S/C12H14ClNS/c1-7-4-5-9(13)11-8(7)6-10(15)12(2,3)14-11/h4-5,14H,6H2,1-3H3. The second-order valence-corrected chi connectivity index (χ2v) is 5.47. The summed E-state index contributed by atoms with van der Waals surface area (Å²) in [5.41, 5.74) is 3.40. The Morgan fingerprint density at radius 1 is 1.40 bits per heavy atom. The predicted octanol–water partition coefficient (Wildman–Crippen LogP) is 3.76. The van der Waals surface area contributed by atoms with Gasteiger partial charge in [-0.05, 0) is 38.0 Å². The van der Waals surface area contributed by atoms with E-state index in [-0.39, 0.29) is 5.54 Å². The fourth-order valence-electron chi connectivity index (χ4n) is 1.85. The number of hydrogen-bond acceptors (Lipinski definition) is 2. The van der Waals surface area contributed by atoms with Crippen molar-refractivity contribution in [1.82, 2.24) is 0 Å². The molecule has 1 aromatic carbocycles. The first-order valence-electron chi connectivity index (χ1n) is 5.01. The van der Waals surface area contributed by atoms with E-state index >= 15 is 0 Å². The van der Waals surface area contributed by atoms with Gasteiger partial charge in [0, 0.05) is 11.3 Å². The maximum Gasteiger partial charge on any atom is 0.0640 e. The Kier molecular flexibility index (Phi) is 2.52. The molecule has 15 heavy (non-hydrogen) atoms. The van der Waals surface area contributed by atoms with Crippen molar-refractivity contribution in [2.75, 3.05) is 5.32 Å². The van der Waals surface area contributed by atoms with Crippen LogP contribution in [-0.4, -0.2) is 10.4 Å². The van der Waals surface area contributed by atoms with Gasteiger partial charge in [-0.2, -0.15) is 0 Å². The van der Waals surface area contributed by atoms with E-state index in [2.05, 4.69) is 26.1 Å². The molecule has 80 valence electrons. The molecule has 1 heterocycles. The lowest BCUT2D eigenvalue weighted by Gasteiger charge is -2.36. The molecule has 0 aliphatic carbocycles. The summed E-state index contributed by atoms with van der Waals surface area (Å²) in [4.78, 5) is 1.04. The highest BCUT2D eigenvalue weighted by Gasteiger charge is 2.31. The third kappa shape index (κ3) is 1.77. The van der Waals surface area contributed by atoms with Crippen molar-refractivity contribution in [2.45, 2.75) is 32.7 Å². The lowest BCUT2D eigenvalue weighted by Crippen LogP contribution is -2.44. The Bertz CT molecular complexity index is 437. The van der Waals surface area contributed by atoms with E-state index in [1.807, 2.05) is 12.1 Å². The highest BCUT2D eigenvalue weighted by Crippen LogP contribution is 2.36. The molecule has 0 amide bonds. The van der Waals surface area contributed by atoms with Crippen molar-refractivity contribution < 1.29 is 0 Å². The van der Waals surface area contributed by atoms with Gasteiger partial charge >= 0.3 is 0 Å². The molecular weight excluding hydrogens is 226 g/mol. The smallest absolute Gasteiger partial charge is 0.0640 e. The number of benzene rings is 1. The van der Waals surface area contributed by atoms with E-state index in [0.29, 0.717) is 0 Å². The zero-order valence-corrected chi connectivity index (χ0v) is 10.7. The number of thiocarbonyl (C=S) groups is 1. The molecule has 1 nitrogen and oxygen atoms in total. The Morgan fingerprint density at radius 2 is 2.07 bits per heavy atom. The zero-order chi connectivity index (χ0) is 11.2. The minimum Gasteiger partial charge on any atom is -0.374 e. The first-order chi connectivity index (χ1) is 6.92. The third-order valence-corrected chi connectivity index (χ3v) is 3.94. The minimum atomic E-state index is -0.139. The van der Waals surface area contributed by atoms with E-state index in [9.17, 15) is 0 Å². The summed E-state index contributed by atoms with van der Waals surface area (Å²) in [5.74, 6) is 0. The number of anilines is 1. The summed E-state index contributed by atoms with van der Waals surface area (Å²) in [5, 5.41) is 4.21. The van der Waals surface area contributed by atoms with Crippen molar-refractivity contribution in [1.29, 1.82) is 0 Å². The van der Waals surface area contributed by atoms with Gasteiger partial charge in [0.2, 0.25) is 0 Å². The van der Waals surface area contributed by atoms with E-state index in [0.717, 1.165) is 22.0 Å². The van der Waals surface area contributed by atoms with Crippen LogP contribution in [0.3, 0.4) is 0 Å². The molecule has 0 aromatic heterocycles. The van der Waals surface area contributed by atoms with Gasteiger partial charge in [-0.1, -0.05) is 29.9 Å². The molecule has 0 atom stereocenters. The monoisotopic (exact) mass is 239 g/mol. The fraction of sp³-hybridized carbons (Fsp3) is 0.417. The summed E-state index contributed by atoms with van der Waals surface area (Å²) in [6.07, 6.45) is 0.844. The number of nitrogens with one attached hydrogen (secondary N) is 1. The van der Waals surface area contributed by atoms with Crippen LogP contribution in [0.15, 0.2) is 12.1 Å². The SMILES string of the molecule is Cc1ccc(Cl)c2c1CC(=S)C(C)(C)N2. The Morgan fingerprint density at radius 3 is 2.73 bits per heavy atom. The molecule has 1 aliphatic heterocycles. The van der Waals surface area contributed by atoms with Crippen LogP contribution in [0.5, 0.6) is 0 Å². The third-order valence-electron chi connectivity index (χ3n) is 2.97. The van der Waals surface area contributed by atoms with Crippen LogP contribution in [0.25, 0.3) is 0 Å². The highest BCUT2D eigenvalue weighted by atomic mass is 35.5. The molecule has 0 spiro atoms. The van der Waals surface area contributed by atoms with Gasteiger partial charge in [0.05, 0.1) is 16.2 Å². The van der Waals surface area contributed by atoms with E-state index in [4.69, 9.17) is 23.8 Å². The second kappa shape index (κ2) is 3.46. The van der Waals surface area contributed by atoms with Crippen molar-refractivity contribution in [2.24, 2.45) is 0 Å².